The first-order valence-corrected chi connectivity index (χ1v) is 10.5. The van der Waals surface area contributed by atoms with Crippen molar-refractivity contribution >= 4 is 22.7 Å². The summed E-state index contributed by atoms with van der Waals surface area (Å²) in [6.07, 6.45) is -0.260. The number of pyridine rings is 1. The van der Waals surface area contributed by atoms with Gasteiger partial charge in [0.1, 0.15) is 12.4 Å². The van der Waals surface area contributed by atoms with Crippen LogP contribution in [0.2, 0.25) is 0 Å². The summed E-state index contributed by atoms with van der Waals surface area (Å²) in [5.74, 6) is -1.04. The molecule has 0 saturated heterocycles. The third kappa shape index (κ3) is 4.71. The van der Waals surface area contributed by atoms with Gasteiger partial charge in [0.25, 0.3) is 5.91 Å². The standard InChI is InChI=1S/C24H25N3O5/c1-14-10-16(19-4-2-3-5-21(19)25-14)13-32-18-8-6-15(7-9-18)23(29)26-22-12-17(28)11-20(22)24(30)27-31/h2-10,17,20,22,28,31H,11-13H2,1H3,(H,26,29)(H,27,30)/t17-,20+,22+/m0/s1. The second kappa shape index (κ2) is 9.33. The number of aryl methyl sites for hydroxylation is 1. The molecule has 0 spiro atoms. The Morgan fingerprint density at radius 2 is 1.88 bits per heavy atom. The number of hydroxylamine groups is 1. The average Bonchev–Trinajstić information content (AvgIpc) is 3.17. The highest BCUT2D eigenvalue weighted by Crippen LogP contribution is 2.27. The van der Waals surface area contributed by atoms with Crippen molar-refractivity contribution in [3.8, 4) is 5.75 Å². The van der Waals surface area contributed by atoms with Crippen LogP contribution in [0.4, 0.5) is 0 Å². The first kappa shape index (κ1) is 21.7. The molecule has 3 atom stereocenters. The van der Waals surface area contributed by atoms with Gasteiger partial charge in [-0.2, -0.15) is 0 Å². The quantitative estimate of drug-likeness (QED) is 0.349. The zero-order valence-electron chi connectivity index (χ0n) is 17.6. The number of fused-ring (bicyclic) bond motifs is 1. The number of aliphatic hydroxyl groups is 1. The number of carbonyl (C=O) groups excluding carboxylic acids is 2. The zero-order chi connectivity index (χ0) is 22.7. The number of amides is 2. The summed E-state index contributed by atoms with van der Waals surface area (Å²) in [6, 6.07) is 16.1. The lowest BCUT2D eigenvalue weighted by Crippen LogP contribution is -2.43. The summed E-state index contributed by atoms with van der Waals surface area (Å²) in [4.78, 5) is 28.9. The van der Waals surface area contributed by atoms with Crippen LogP contribution < -0.4 is 15.5 Å². The third-order valence-electron chi connectivity index (χ3n) is 5.74. The Morgan fingerprint density at radius 1 is 1.12 bits per heavy atom. The molecule has 8 heteroatoms. The van der Waals surface area contributed by atoms with E-state index in [1.807, 2.05) is 37.3 Å². The Morgan fingerprint density at radius 3 is 2.62 bits per heavy atom. The Bertz CT molecular complexity index is 1130. The SMILES string of the molecule is Cc1cc(COc2ccc(C(=O)N[C@@H]3C[C@@H](O)C[C@H]3C(=O)NO)cc2)c2ccccc2n1. The molecule has 8 nitrogen and oxygen atoms in total. The van der Waals surface area contributed by atoms with Gasteiger partial charge in [0.15, 0.2) is 0 Å². The number of para-hydroxylation sites is 1. The number of ether oxygens (including phenoxy) is 1. The number of carbonyl (C=O) groups is 2. The second-order valence-electron chi connectivity index (χ2n) is 8.04. The molecule has 0 aliphatic heterocycles. The fourth-order valence-corrected chi connectivity index (χ4v) is 4.17. The van der Waals surface area contributed by atoms with Crippen LogP contribution in [0.1, 0.15) is 34.5 Å². The molecular weight excluding hydrogens is 410 g/mol. The minimum Gasteiger partial charge on any atom is -0.489 e. The summed E-state index contributed by atoms with van der Waals surface area (Å²) >= 11 is 0. The highest BCUT2D eigenvalue weighted by Gasteiger charge is 2.39. The van der Waals surface area contributed by atoms with Crippen LogP contribution in [-0.2, 0) is 11.4 Å². The fraction of sp³-hybridized carbons (Fsp3) is 0.292. The van der Waals surface area contributed by atoms with Gasteiger partial charge in [-0.1, -0.05) is 18.2 Å². The minimum absolute atomic E-state index is 0.188. The molecule has 1 aliphatic carbocycles. The monoisotopic (exact) mass is 435 g/mol. The van der Waals surface area contributed by atoms with Crippen molar-refractivity contribution in [1.29, 1.82) is 0 Å². The lowest BCUT2D eigenvalue weighted by Gasteiger charge is -2.19. The van der Waals surface area contributed by atoms with Crippen LogP contribution in [0.25, 0.3) is 10.9 Å². The molecule has 4 rings (SSSR count). The number of rotatable bonds is 6. The number of hydrogen-bond donors (Lipinski definition) is 4. The molecule has 0 radical (unpaired) electrons. The summed E-state index contributed by atoms with van der Waals surface area (Å²) in [5.41, 5.74) is 4.87. The van der Waals surface area contributed by atoms with E-state index >= 15 is 0 Å². The molecule has 32 heavy (non-hydrogen) atoms. The minimum atomic E-state index is -0.703. The Balaban J connectivity index is 1.40. The molecule has 4 N–H and O–H groups in total. The van der Waals surface area contributed by atoms with Crippen LogP contribution in [-0.4, -0.2) is 39.3 Å². The molecule has 2 amide bonds. The molecule has 1 fully saturated rings. The molecular formula is C24H25N3O5. The third-order valence-corrected chi connectivity index (χ3v) is 5.74. The zero-order valence-corrected chi connectivity index (χ0v) is 17.6. The Kier molecular flexibility index (Phi) is 6.34. The molecule has 1 heterocycles. The number of benzene rings is 2. The summed E-state index contributed by atoms with van der Waals surface area (Å²) < 4.78 is 5.93. The summed E-state index contributed by atoms with van der Waals surface area (Å²) in [5, 5.41) is 22.5. The van der Waals surface area contributed by atoms with Crippen LogP contribution in [0.15, 0.2) is 54.6 Å². The van der Waals surface area contributed by atoms with E-state index in [-0.39, 0.29) is 18.7 Å². The molecule has 1 aromatic heterocycles. The van der Waals surface area contributed by atoms with Crippen molar-refractivity contribution in [2.24, 2.45) is 5.92 Å². The molecule has 2 aromatic carbocycles. The van der Waals surface area contributed by atoms with Gasteiger partial charge in [0, 0.05) is 28.2 Å². The van der Waals surface area contributed by atoms with E-state index in [2.05, 4.69) is 10.3 Å². The predicted octanol–water partition coefficient (Wildman–Crippen LogP) is 2.50. The smallest absolute Gasteiger partial charge is 0.251 e. The lowest BCUT2D eigenvalue weighted by atomic mass is 10.0. The van der Waals surface area contributed by atoms with E-state index in [1.165, 1.54) is 0 Å². The van der Waals surface area contributed by atoms with E-state index in [0.717, 1.165) is 22.2 Å². The fourth-order valence-electron chi connectivity index (χ4n) is 4.17. The molecule has 3 aromatic rings. The first-order valence-electron chi connectivity index (χ1n) is 10.5. The molecule has 0 unspecified atom stereocenters. The van der Waals surface area contributed by atoms with E-state index in [4.69, 9.17) is 9.94 Å². The van der Waals surface area contributed by atoms with Crippen LogP contribution in [0.3, 0.4) is 0 Å². The topological polar surface area (TPSA) is 121 Å². The van der Waals surface area contributed by atoms with Crippen molar-refractivity contribution in [3.63, 3.8) is 0 Å². The maximum Gasteiger partial charge on any atom is 0.251 e. The summed E-state index contributed by atoms with van der Waals surface area (Å²) in [6.45, 7) is 2.31. The van der Waals surface area contributed by atoms with E-state index in [9.17, 15) is 14.7 Å². The number of hydrogen-bond acceptors (Lipinski definition) is 6. The van der Waals surface area contributed by atoms with Gasteiger partial charge in [-0.3, -0.25) is 19.8 Å². The van der Waals surface area contributed by atoms with Crippen molar-refractivity contribution in [1.82, 2.24) is 15.8 Å². The highest BCUT2D eigenvalue weighted by atomic mass is 16.5. The first-order chi connectivity index (χ1) is 15.4. The predicted molar refractivity (Wildman–Crippen MR) is 117 cm³/mol. The van der Waals surface area contributed by atoms with Crippen LogP contribution in [0, 0.1) is 12.8 Å². The van der Waals surface area contributed by atoms with Gasteiger partial charge in [-0.15, -0.1) is 0 Å². The van der Waals surface area contributed by atoms with Gasteiger partial charge in [0.05, 0.1) is 17.5 Å². The number of nitrogens with zero attached hydrogens (tertiary/aromatic N) is 1. The van der Waals surface area contributed by atoms with E-state index in [0.29, 0.717) is 17.9 Å². The largest absolute Gasteiger partial charge is 0.489 e. The second-order valence-corrected chi connectivity index (χ2v) is 8.04. The van der Waals surface area contributed by atoms with Crippen molar-refractivity contribution < 1.29 is 24.6 Å². The van der Waals surface area contributed by atoms with Crippen LogP contribution in [0.5, 0.6) is 5.75 Å². The van der Waals surface area contributed by atoms with Gasteiger partial charge in [-0.05, 0) is 56.2 Å². The van der Waals surface area contributed by atoms with Gasteiger partial charge >= 0.3 is 0 Å². The Labute approximate surface area is 185 Å². The van der Waals surface area contributed by atoms with Crippen molar-refractivity contribution in [2.45, 2.75) is 38.5 Å². The maximum atomic E-state index is 12.6. The number of nitrogens with one attached hydrogen (secondary N) is 2. The van der Waals surface area contributed by atoms with Crippen molar-refractivity contribution in [3.05, 3.63) is 71.4 Å². The van der Waals surface area contributed by atoms with E-state index < -0.39 is 24.0 Å². The highest BCUT2D eigenvalue weighted by molar-refractivity contribution is 5.95. The number of aliphatic hydroxyl groups excluding tert-OH is 1. The molecule has 1 aliphatic rings. The molecule has 0 bridgehead atoms. The van der Waals surface area contributed by atoms with E-state index in [1.54, 1.807) is 29.7 Å². The van der Waals surface area contributed by atoms with Gasteiger partial charge < -0.3 is 15.2 Å². The molecule has 166 valence electrons. The normalized spacial score (nSPS) is 20.2. The molecule has 1 saturated carbocycles. The lowest BCUT2D eigenvalue weighted by molar-refractivity contribution is -0.133. The maximum absolute atomic E-state index is 12.6. The Hall–Kier alpha value is -3.49. The van der Waals surface area contributed by atoms with Gasteiger partial charge in [0.2, 0.25) is 5.91 Å². The van der Waals surface area contributed by atoms with Gasteiger partial charge in [-0.25, -0.2) is 5.48 Å². The average molecular weight is 435 g/mol. The summed E-state index contributed by atoms with van der Waals surface area (Å²) in [7, 11) is 0. The number of aromatic nitrogens is 1. The van der Waals surface area contributed by atoms with Crippen LogP contribution >= 0.6 is 0 Å². The van der Waals surface area contributed by atoms with Crippen molar-refractivity contribution in [2.75, 3.05) is 0 Å².